The highest BCUT2D eigenvalue weighted by Gasteiger charge is 2.38. The number of carboxylic acid groups (broad SMARTS) is 1. The lowest BCUT2D eigenvalue weighted by Gasteiger charge is -2.37. The number of hydrogen-bond acceptors (Lipinski definition) is 5. The van der Waals surface area contributed by atoms with E-state index in [0.717, 1.165) is 34.2 Å². The second kappa shape index (κ2) is 10.9. The van der Waals surface area contributed by atoms with Gasteiger partial charge in [0.15, 0.2) is 6.10 Å². The zero-order valence-corrected chi connectivity index (χ0v) is 19.0. The van der Waals surface area contributed by atoms with Crippen molar-refractivity contribution in [3.63, 3.8) is 0 Å². The lowest BCUT2D eigenvalue weighted by Crippen LogP contribution is -2.50. The van der Waals surface area contributed by atoms with E-state index in [1.165, 1.54) is 4.90 Å². The molecule has 1 aliphatic rings. The quantitative estimate of drug-likeness (QED) is 0.520. The van der Waals surface area contributed by atoms with E-state index >= 15 is 0 Å². The van der Waals surface area contributed by atoms with Crippen LogP contribution in [0.3, 0.4) is 0 Å². The molecule has 2 aromatic carbocycles. The number of halogens is 5. The Labute approximate surface area is 202 Å². The van der Waals surface area contributed by atoms with Crippen LogP contribution in [0.2, 0.25) is 0 Å². The van der Waals surface area contributed by atoms with E-state index in [-0.39, 0.29) is 5.56 Å². The molecule has 1 amide bonds. The monoisotopic (exact) mass is 511 g/mol. The Balaban J connectivity index is 0.000000454. The highest BCUT2D eigenvalue weighted by atomic mass is 19.4. The second-order valence-electron chi connectivity index (χ2n) is 8.02. The third kappa shape index (κ3) is 6.06. The number of aliphatic hydroxyl groups is 1. The van der Waals surface area contributed by atoms with Gasteiger partial charge in [0.25, 0.3) is 5.91 Å². The van der Waals surface area contributed by atoms with Crippen LogP contribution in [-0.2, 0) is 9.59 Å². The number of carbonyl (C=O) groups excluding carboxylic acids is 1. The molecule has 0 radical (unpaired) electrons. The summed E-state index contributed by atoms with van der Waals surface area (Å²) in [5.41, 5.74) is 1.95. The molecular weight excluding hydrogens is 489 g/mol. The van der Waals surface area contributed by atoms with Crippen LogP contribution in [0.25, 0.3) is 10.8 Å². The molecule has 0 aliphatic carbocycles. The Hall–Kier alpha value is -3.80. The fourth-order valence-electron chi connectivity index (χ4n) is 3.85. The van der Waals surface area contributed by atoms with E-state index in [4.69, 9.17) is 9.90 Å². The first kappa shape index (κ1) is 26.8. The molecule has 36 heavy (non-hydrogen) atoms. The Kier molecular flexibility index (Phi) is 8.08. The van der Waals surface area contributed by atoms with Crippen molar-refractivity contribution in [2.75, 3.05) is 31.1 Å². The van der Waals surface area contributed by atoms with E-state index in [2.05, 4.69) is 16.0 Å². The Morgan fingerprint density at radius 3 is 2.25 bits per heavy atom. The van der Waals surface area contributed by atoms with E-state index in [1.807, 2.05) is 31.5 Å². The smallest absolute Gasteiger partial charge is 0.475 e. The van der Waals surface area contributed by atoms with Gasteiger partial charge in [-0.25, -0.2) is 13.6 Å². The molecule has 7 nitrogen and oxygen atoms in total. The fraction of sp³-hybridized carbons (Fsp3) is 0.292. The average molecular weight is 511 g/mol. The zero-order valence-electron chi connectivity index (χ0n) is 19.0. The van der Waals surface area contributed by atoms with Crippen LogP contribution in [0.1, 0.15) is 17.2 Å². The van der Waals surface area contributed by atoms with Gasteiger partial charge in [0.1, 0.15) is 11.6 Å². The number of aliphatic hydroxyl groups excluding tert-OH is 1. The molecule has 1 fully saturated rings. The Morgan fingerprint density at radius 1 is 1.03 bits per heavy atom. The summed E-state index contributed by atoms with van der Waals surface area (Å²) in [5.74, 6) is -5.01. The Bertz CT molecular complexity index is 1250. The van der Waals surface area contributed by atoms with Crippen LogP contribution in [0.5, 0.6) is 0 Å². The number of anilines is 1. The number of fused-ring (bicyclic) bond motifs is 1. The van der Waals surface area contributed by atoms with Crippen molar-refractivity contribution in [2.24, 2.45) is 0 Å². The summed E-state index contributed by atoms with van der Waals surface area (Å²) < 4.78 is 58.7. The van der Waals surface area contributed by atoms with Gasteiger partial charge in [-0.2, -0.15) is 13.2 Å². The lowest BCUT2D eigenvalue weighted by atomic mass is 10.0. The van der Waals surface area contributed by atoms with Gasteiger partial charge in [-0.3, -0.25) is 9.78 Å². The fourth-order valence-corrected chi connectivity index (χ4v) is 3.85. The summed E-state index contributed by atoms with van der Waals surface area (Å²) >= 11 is 0. The third-order valence-electron chi connectivity index (χ3n) is 5.62. The maximum Gasteiger partial charge on any atom is 0.490 e. The third-order valence-corrected chi connectivity index (χ3v) is 5.62. The van der Waals surface area contributed by atoms with Gasteiger partial charge in [0, 0.05) is 66.7 Å². The van der Waals surface area contributed by atoms with Crippen molar-refractivity contribution in [3.05, 3.63) is 71.6 Å². The molecule has 1 unspecified atom stereocenters. The number of amides is 1. The highest BCUT2D eigenvalue weighted by Crippen LogP contribution is 2.30. The lowest BCUT2D eigenvalue weighted by molar-refractivity contribution is -0.192. The summed E-state index contributed by atoms with van der Waals surface area (Å²) in [7, 11) is 0. The van der Waals surface area contributed by atoms with Crippen molar-refractivity contribution in [1.82, 2.24) is 9.88 Å². The number of rotatable bonds is 3. The van der Waals surface area contributed by atoms with Gasteiger partial charge in [-0.05, 0) is 24.6 Å². The summed E-state index contributed by atoms with van der Waals surface area (Å²) in [4.78, 5) is 29.5. The molecule has 2 N–H and O–H groups in total. The molecule has 3 aromatic rings. The number of benzene rings is 2. The van der Waals surface area contributed by atoms with E-state index in [9.17, 15) is 31.9 Å². The van der Waals surface area contributed by atoms with Crippen molar-refractivity contribution >= 4 is 28.3 Å². The van der Waals surface area contributed by atoms with Crippen LogP contribution < -0.4 is 4.90 Å². The number of aryl methyl sites for hydroxylation is 1. The van der Waals surface area contributed by atoms with Gasteiger partial charge in [0.2, 0.25) is 0 Å². The number of hydrogen-bond donors (Lipinski definition) is 2. The molecule has 0 bridgehead atoms. The maximum atomic E-state index is 13.9. The standard InChI is InChI=1S/C22H21F2N3O2.C2HF3O2/c1-14-12-25-13-15-3-2-4-19(20(14)15)26-7-9-27(10-8-26)22(29)21(28)17-6-5-16(23)11-18(17)24;3-2(4,5)1(6)7/h2-6,11-13,21,28H,7-10H2,1H3;(H,6,7). The SMILES string of the molecule is Cc1cncc2cccc(N3CCN(C(=O)C(O)c4ccc(F)cc4F)CC3)c12.O=C(O)C(F)(F)F. The van der Waals surface area contributed by atoms with Crippen molar-refractivity contribution < 1.29 is 41.8 Å². The number of nitrogens with zero attached hydrogens (tertiary/aromatic N) is 3. The van der Waals surface area contributed by atoms with Crippen LogP contribution in [0.4, 0.5) is 27.6 Å². The van der Waals surface area contributed by atoms with E-state index < -0.39 is 35.8 Å². The second-order valence-corrected chi connectivity index (χ2v) is 8.02. The molecule has 12 heteroatoms. The predicted octanol–water partition coefficient (Wildman–Crippen LogP) is 3.84. The van der Waals surface area contributed by atoms with Gasteiger partial charge >= 0.3 is 12.1 Å². The topological polar surface area (TPSA) is 94.0 Å². The zero-order chi connectivity index (χ0) is 26.6. The number of aromatic nitrogens is 1. The first-order chi connectivity index (χ1) is 16.9. The van der Waals surface area contributed by atoms with Gasteiger partial charge in [0.05, 0.1) is 0 Å². The number of piperazine rings is 1. The maximum absolute atomic E-state index is 13.9. The van der Waals surface area contributed by atoms with Gasteiger partial charge in [-0.15, -0.1) is 0 Å². The van der Waals surface area contributed by atoms with Crippen LogP contribution >= 0.6 is 0 Å². The van der Waals surface area contributed by atoms with Gasteiger partial charge in [-0.1, -0.05) is 18.2 Å². The number of pyridine rings is 1. The largest absolute Gasteiger partial charge is 0.490 e. The molecule has 2 heterocycles. The molecule has 1 atom stereocenters. The normalized spacial score (nSPS) is 14.8. The van der Waals surface area contributed by atoms with Crippen LogP contribution in [-0.4, -0.2) is 64.3 Å². The highest BCUT2D eigenvalue weighted by molar-refractivity contribution is 5.96. The molecule has 192 valence electrons. The van der Waals surface area contributed by atoms with E-state index in [1.54, 1.807) is 0 Å². The molecule has 4 rings (SSSR count). The summed E-state index contributed by atoms with van der Waals surface area (Å²) in [6.07, 6.45) is -3.06. The molecule has 1 aromatic heterocycles. The van der Waals surface area contributed by atoms with Crippen LogP contribution in [0, 0.1) is 18.6 Å². The number of alkyl halides is 3. The van der Waals surface area contributed by atoms with Crippen molar-refractivity contribution in [3.8, 4) is 0 Å². The number of carboxylic acids is 1. The van der Waals surface area contributed by atoms with Crippen molar-refractivity contribution in [1.29, 1.82) is 0 Å². The summed E-state index contributed by atoms with van der Waals surface area (Å²) in [6.45, 7) is 4.00. The summed E-state index contributed by atoms with van der Waals surface area (Å²) in [5, 5.41) is 19.6. The van der Waals surface area contributed by atoms with Gasteiger partial charge < -0.3 is 20.0 Å². The molecular formula is C24H22F5N3O4. The first-order valence-corrected chi connectivity index (χ1v) is 10.7. The number of carbonyl (C=O) groups is 2. The van der Waals surface area contributed by atoms with Crippen LogP contribution in [0.15, 0.2) is 48.8 Å². The Morgan fingerprint density at radius 2 is 1.67 bits per heavy atom. The molecule has 1 saturated heterocycles. The van der Waals surface area contributed by atoms with Crippen molar-refractivity contribution in [2.45, 2.75) is 19.2 Å². The number of aliphatic carboxylic acids is 1. The average Bonchev–Trinajstić information content (AvgIpc) is 2.83. The minimum atomic E-state index is -5.08. The predicted molar refractivity (Wildman–Crippen MR) is 120 cm³/mol. The minimum absolute atomic E-state index is 0.212. The van der Waals surface area contributed by atoms with E-state index in [0.29, 0.717) is 32.2 Å². The summed E-state index contributed by atoms with van der Waals surface area (Å²) in [6, 6.07) is 8.86. The molecule has 0 spiro atoms. The molecule has 1 aliphatic heterocycles. The molecule has 0 saturated carbocycles. The minimum Gasteiger partial charge on any atom is -0.475 e. The first-order valence-electron chi connectivity index (χ1n) is 10.7.